The highest BCUT2D eigenvalue weighted by molar-refractivity contribution is 6.58. The Labute approximate surface area is 58.0 Å². The Morgan fingerprint density at radius 3 is 2.30 bits per heavy atom. The molecule has 0 aliphatic heterocycles. The number of hydrogen-bond acceptors (Lipinski definition) is 1. The van der Waals surface area contributed by atoms with E-state index in [1.54, 1.807) is 0 Å². The topological polar surface area (TPSA) is 12.0 Å². The minimum Gasteiger partial charge on any atom is -0.448 e. The predicted molar refractivity (Wildman–Crippen MR) is 34.7 cm³/mol. The maximum atomic E-state index is 11.5. The summed E-state index contributed by atoms with van der Waals surface area (Å²) >= 11 is 0. The standard InChI is InChI=1S/C5H10BF3N/c7-6(8,9)4-10-3-5-1-2-5/h5,10H,1-4H2/q-1. The molecule has 0 aromatic carbocycles. The molecule has 0 bridgehead atoms. The quantitative estimate of drug-likeness (QED) is 0.599. The third-order valence-electron chi connectivity index (χ3n) is 1.51. The van der Waals surface area contributed by atoms with Crippen LogP contribution in [-0.4, -0.2) is 20.0 Å². The van der Waals surface area contributed by atoms with Crippen LogP contribution in [0.3, 0.4) is 0 Å². The molecule has 1 aliphatic carbocycles. The van der Waals surface area contributed by atoms with Crippen molar-refractivity contribution in [2.45, 2.75) is 12.8 Å². The average molecular weight is 152 g/mol. The van der Waals surface area contributed by atoms with Crippen LogP contribution in [-0.2, 0) is 0 Å². The Kier molecular flexibility index (Phi) is 2.23. The van der Waals surface area contributed by atoms with Crippen molar-refractivity contribution in [2.75, 3.05) is 13.0 Å². The first kappa shape index (κ1) is 7.92. The molecule has 60 valence electrons. The van der Waals surface area contributed by atoms with E-state index in [9.17, 15) is 12.9 Å². The van der Waals surface area contributed by atoms with Gasteiger partial charge in [-0.3, -0.25) is 0 Å². The van der Waals surface area contributed by atoms with Gasteiger partial charge in [0.15, 0.2) is 0 Å². The summed E-state index contributed by atoms with van der Waals surface area (Å²) in [5, 5.41) is 2.39. The van der Waals surface area contributed by atoms with Crippen LogP contribution in [0.5, 0.6) is 0 Å². The zero-order valence-corrected chi connectivity index (χ0v) is 5.62. The van der Waals surface area contributed by atoms with E-state index in [4.69, 9.17) is 0 Å². The number of nitrogens with one attached hydrogen (secondary N) is 1. The molecule has 0 atom stereocenters. The largest absolute Gasteiger partial charge is 0.491 e. The Balaban J connectivity index is 1.93. The molecule has 1 fully saturated rings. The zero-order valence-electron chi connectivity index (χ0n) is 5.62. The maximum Gasteiger partial charge on any atom is 0.491 e. The van der Waals surface area contributed by atoms with E-state index in [-0.39, 0.29) is 0 Å². The van der Waals surface area contributed by atoms with Gasteiger partial charge in [-0.15, -0.1) is 0 Å². The predicted octanol–water partition coefficient (Wildman–Crippen LogP) is 1.37. The van der Waals surface area contributed by atoms with Gasteiger partial charge in [0.2, 0.25) is 0 Å². The van der Waals surface area contributed by atoms with E-state index in [1.165, 1.54) is 0 Å². The second-order valence-corrected chi connectivity index (χ2v) is 2.81. The molecular formula is C5H10BF3N-. The first-order valence-corrected chi connectivity index (χ1v) is 3.49. The van der Waals surface area contributed by atoms with Crippen molar-refractivity contribution in [3.05, 3.63) is 0 Å². The lowest BCUT2D eigenvalue weighted by Gasteiger charge is -2.13. The summed E-state index contributed by atoms with van der Waals surface area (Å²) in [7, 11) is 0. The summed E-state index contributed by atoms with van der Waals surface area (Å²) in [6, 6.07) is 0. The fraction of sp³-hybridized carbons (Fsp3) is 1.00. The zero-order chi connectivity index (χ0) is 7.61. The van der Waals surface area contributed by atoms with Gasteiger partial charge in [0.1, 0.15) is 0 Å². The molecule has 0 saturated heterocycles. The lowest BCUT2D eigenvalue weighted by Crippen LogP contribution is -2.34. The van der Waals surface area contributed by atoms with Gasteiger partial charge in [-0.1, -0.05) is 0 Å². The highest BCUT2D eigenvalue weighted by atomic mass is 19.4. The Hall–Kier alpha value is -0.185. The summed E-state index contributed by atoms with van der Waals surface area (Å²) in [5.74, 6) is 0.526. The third kappa shape index (κ3) is 3.77. The minimum atomic E-state index is -4.61. The number of halogens is 3. The molecule has 0 unspecified atom stereocenters. The second-order valence-electron chi connectivity index (χ2n) is 2.81. The van der Waals surface area contributed by atoms with Crippen molar-refractivity contribution < 1.29 is 12.9 Å². The monoisotopic (exact) mass is 152 g/mol. The van der Waals surface area contributed by atoms with Crippen molar-refractivity contribution in [1.29, 1.82) is 0 Å². The molecule has 1 N–H and O–H groups in total. The van der Waals surface area contributed by atoms with E-state index in [0.29, 0.717) is 12.5 Å². The molecule has 1 saturated carbocycles. The van der Waals surface area contributed by atoms with Crippen LogP contribution in [0.25, 0.3) is 0 Å². The molecule has 0 aromatic rings. The van der Waals surface area contributed by atoms with Crippen molar-refractivity contribution >= 4 is 6.98 Å². The summed E-state index contributed by atoms with van der Waals surface area (Å²) in [4.78, 5) is 0. The lowest BCUT2D eigenvalue weighted by atomic mass is 9.92. The van der Waals surface area contributed by atoms with Gasteiger partial charge in [-0.25, -0.2) is 0 Å². The van der Waals surface area contributed by atoms with Crippen molar-refractivity contribution in [1.82, 2.24) is 5.32 Å². The molecule has 0 radical (unpaired) electrons. The molecule has 0 amide bonds. The number of rotatable bonds is 4. The molecule has 0 aromatic heterocycles. The van der Waals surface area contributed by atoms with Gasteiger partial charge in [0, 0.05) is 0 Å². The minimum absolute atomic E-state index is 0.526. The van der Waals surface area contributed by atoms with Crippen molar-refractivity contribution in [3.63, 3.8) is 0 Å². The lowest BCUT2D eigenvalue weighted by molar-refractivity contribution is 0.454. The van der Waals surface area contributed by atoms with Crippen LogP contribution in [0.4, 0.5) is 12.9 Å². The summed E-state index contributed by atoms with van der Waals surface area (Å²) in [5.41, 5.74) is 0. The Morgan fingerprint density at radius 2 is 1.90 bits per heavy atom. The van der Waals surface area contributed by atoms with Crippen LogP contribution < -0.4 is 5.32 Å². The van der Waals surface area contributed by atoms with Crippen LogP contribution in [0.1, 0.15) is 12.8 Å². The molecule has 10 heavy (non-hydrogen) atoms. The van der Waals surface area contributed by atoms with Gasteiger partial charge in [-0.05, 0) is 31.7 Å². The van der Waals surface area contributed by atoms with Crippen LogP contribution in [0.15, 0.2) is 0 Å². The molecule has 5 heteroatoms. The highest BCUT2D eigenvalue weighted by Crippen LogP contribution is 2.27. The Morgan fingerprint density at radius 1 is 1.30 bits per heavy atom. The van der Waals surface area contributed by atoms with E-state index >= 15 is 0 Å². The fourth-order valence-corrected chi connectivity index (χ4v) is 0.773. The molecule has 1 nitrogen and oxygen atoms in total. The smallest absolute Gasteiger partial charge is 0.448 e. The van der Waals surface area contributed by atoms with Gasteiger partial charge >= 0.3 is 6.98 Å². The fourth-order valence-electron chi connectivity index (χ4n) is 0.773. The van der Waals surface area contributed by atoms with Crippen LogP contribution in [0.2, 0.25) is 0 Å². The van der Waals surface area contributed by atoms with Gasteiger partial charge < -0.3 is 18.3 Å². The van der Waals surface area contributed by atoms with E-state index in [2.05, 4.69) is 5.32 Å². The summed E-state index contributed by atoms with van der Waals surface area (Å²) in [6.45, 7) is -4.07. The number of hydrogen-bond donors (Lipinski definition) is 1. The molecular weight excluding hydrogens is 142 g/mol. The maximum absolute atomic E-state index is 11.5. The van der Waals surface area contributed by atoms with E-state index in [1.807, 2.05) is 0 Å². The van der Waals surface area contributed by atoms with E-state index < -0.39 is 13.4 Å². The first-order chi connectivity index (χ1) is 4.58. The van der Waals surface area contributed by atoms with Gasteiger partial charge in [-0.2, -0.15) is 0 Å². The van der Waals surface area contributed by atoms with Crippen molar-refractivity contribution in [2.24, 2.45) is 5.92 Å². The van der Waals surface area contributed by atoms with E-state index in [0.717, 1.165) is 12.8 Å². The molecule has 0 spiro atoms. The summed E-state index contributed by atoms with van der Waals surface area (Å²) in [6.07, 6.45) is 1.41. The van der Waals surface area contributed by atoms with Crippen LogP contribution >= 0.6 is 0 Å². The first-order valence-electron chi connectivity index (χ1n) is 3.49. The van der Waals surface area contributed by atoms with Gasteiger partial charge in [0.25, 0.3) is 0 Å². The molecule has 1 aliphatic rings. The second kappa shape index (κ2) is 2.82. The summed E-state index contributed by atoms with van der Waals surface area (Å²) < 4.78 is 34.6. The SMILES string of the molecule is F[B-](F)(F)CNCC1CC1. The third-order valence-corrected chi connectivity index (χ3v) is 1.51. The normalized spacial score (nSPS) is 19.5. The van der Waals surface area contributed by atoms with Gasteiger partial charge in [0.05, 0.1) is 0 Å². The Bertz CT molecular complexity index is 110. The molecule has 0 heterocycles. The van der Waals surface area contributed by atoms with Crippen molar-refractivity contribution in [3.8, 4) is 0 Å². The highest BCUT2D eigenvalue weighted by Gasteiger charge is 2.25. The van der Waals surface area contributed by atoms with Crippen LogP contribution in [0, 0.1) is 5.92 Å². The average Bonchev–Trinajstić information content (AvgIpc) is 2.45. The molecule has 1 rings (SSSR count).